The molecule has 0 radical (unpaired) electrons. The second-order valence-electron chi connectivity index (χ2n) is 5.69. The van der Waals surface area contributed by atoms with E-state index in [1.165, 1.54) is 49.9 Å². The van der Waals surface area contributed by atoms with Gasteiger partial charge in [-0.1, -0.05) is 31.9 Å². The number of benzene rings is 1. The zero-order chi connectivity index (χ0) is 14.4. The van der Waals surface area contributed by atoms with Gasteiger partial charge in [-0.2, -0.15) is 0 Å². The van der Waals surface area contributed by atoms with E-state index in [-0.39, 0.29) is 0 Å². The number of halogens is 1. The van der Waals surface area contributed by atoms with Crippen LogP contribution in [0.3, 0.4) is 0 Å². The van der Waals surface area contributed by atoms with Crippen molar-refractivity contribution in [2.75, 3.05) is 18.0 Å². The standard InChI is InChI=1S/C17H27ClN2/c1-3-7-16-8-5-6-11-20(16)17-10-9-15(18)12-14(17)13-19-4-2/h9-10,12,16,19H,3-8,11,13H2,1-2H3. The fraction of sp³-hybridized carbons (Fsp3) is 0.647. The van der Waals surface area contributed by atoms with Crippen molar-refractivity contribution in [3.05, 3.63) is 28.8 Å². The summed E-state index contributed by atoms with van der Waals surface area (Å²) in [5, 5.41) is 4.27. The Labute approximate surface area is 128 Å². The van der Waals surface area contributed by atoms with Gasteiger partial charge in [0.25, 0.3) is 0 Å². The highest BCUT2D eigenvalue weighted by Crippen LogP contribution is 2.31. The maximum atomic E-state index is 6.19. The highest BCUT2D eigenvalue weighted by molar-refractivity contribution is 6.30. The lowest BCUT2D eigenvalue weighted by Crippen LogP contribution is -2.40. The number of nitrogens with zero attached hydrogens (tertiary/aromatic N) is 1. The highest BCUT2D eigenvalue weighted by atomic mass is 35.5. The largest absolute Gasteiger partial charge is 0.368 e. The van der Waals surface area contributed by atoms with Gasteiger partial charge in [-0.15, -0.1) is 0 Å². The van der Waals surface area contributed by atoms with Crippen LogP contribution in [0, 0.1) is 0 Å². The Morgan fingerprint density at radius 2 is 2.15 bits per heavy atom. The lowest BCUT2D eigenvalue weighted by atomic mass is 9.96. The molecule has 112 valence electrons. The molecule has 0 saturated carbocycles. The summed E-state index contributed by atoms with van der Waals surface area (Å²) < 4.78 is 0. The van der Waals surface area contributed by atoms with Crippen LogP contribution in [-0.2, 0) is 6.54 Å². The quantitative estimate of drug-likeness (QED) is 0.824. The fourth-order valence-electron chi connectivity index (χ4n) is 3.19. The molecule has 20 heavy (non-hydrogen) atoms. The van der Waals surface area contributed by atoms with Crippen LogP contribution < -0.4 is 10.2 Å². The Morgan fingerprint density at radius 1 is 1.30 bits per heavy atom. The van der Waals surface area contributed by atoms with Gasteiger partial charge >= 0.3 is 0 Å². The molecule has 0 aromatic heterocycles. The first-order valence-corrected chi connectivity index (χ1v) is 8.39. The average Bonchev–Trinajstić information content (AvgIpc) is 2.46. The summed E-state index contributed by atoms with van der Waals surface area (Å²) in [5.41, 5.74) is 2.72. The molecule has 2 nitrogen and oxygen atoms in total. The fourth-order valence-corrected chi connectivity index (χ4v) is 3.38. The molecule has 2 rings (SSSR count). The van der Waals surface area contributed by atoms with Crippen LogP contribution in [-0.4, -0.2) is 19.1 Å². The molecule has 0 bridgehead atoms. The van der Waals surface area contributed by atoms with Gasteiger partial charge in [0, 0.05) is 29.8 Å². The number of rotatable bonds is 6. The van der Waals surface area contributed by atoms with E-state index in [0.29, 0.717) is 6.04 Å². The molecule has 0 aliphatic carbocycles. The molecule has 1 unspecified atom stereocenters. The number of piperidine rings is 1. The van der Waals surface area contributed by atoms with Gasteiger partial charge in [0.1, 0.15) is 0 Å². The SMILES string of the molecule is CCCC1CCCCN1c1ccc(Cl)cc1CNCC. The number of anilines is 1. The van der Waals surface area contributed by atoms with Gasteiger partial charge in [0.05, 0.1) is 0 Å². The second-order valence-corrected chi connectivity index (χ2v) is 6.12. The summed E-state index contributed by atoms with van der Waals surface area (Å²) in [5.74, 6) is 0. The highest BCUT2D eigenvalue weighted by Gasteiger charge is 2.23. The molecule has 1 aliphatic heterocycles. The van der Waals surface area contributed by atoms with E-state index in [0.717, 1.165) is 18.1 Å². The minimum absolute atomic E-state index is 0.704. The summed E-state index contributed by atoms with van der Waals surface area (Å²) in [4.78, 5) is 2.62. The van der Waals surface area contributed by atoms with E-state index in [2.05, 4.69) is 36.2 Å². The Bertz CT molecular complexity index is 417. The van der Waals surface area contributed by atoms with Crippen LogP contribution >= 0.6 is 11.6 Å². The van der Waals surface area contributed by atoms with Crippen LogP contribution in [0.25, 0.3) is 0 Å². The van der Waals surface area contributed by atoms with Crippen LogP contribution in [0.1, 0.15) is 51.5 Å². The maximum absolute atomic E-state index is 6.19. The molecular weight excluding hydrogens is 268 g/mol. The normalized spacial score (nSPS) is 19.4. The predicted molar refractivity (Wildman–Crippen MR) is 88.7 cm³/mol. The van der Waals surface area contributed by atoms with Gasteiger partial charge < -0.3 is 10.2 Å². The number of hydrogen-bond acceptors (Lipinski definition) is 2. The average molecular weight is 295 g/mol. The van der Waals surface area contributed by atoms with Crippen molar-refractivity contribution in [3.63, 3.8) is 0 Å². The maximum Gasteiger partial charge on any atom is 0.0415 e. The summed E-state index contributed by atoms with van der Waals surface area (Å²) in [6.07, 6.45) is 6.57. The molecule has 0 amide bonds. The van der Waals surface area contributed by atoms with Crippen molar-refractivity contribution in [1.29, 1.82) is 0 Å². The molecule has 1 fully saturated rings. The van der Waals surface area contributed by atoms with E-state index < -0.39 is 0 Å². The Morgan fingerprint density at radius 3 is 2.90 bits per heavy atom. The zero-order valence-electron chi connectivity index (χ0n) is 12.8. The molecule has 0 spiro atoms. The van der Waals surface area contributed by atoms with E-state index in [1.807, 2.05) is 6.07 Å². The molecule has 3 heteroatoms. The molecule has 1 N–H and O–H groups in total. The topological polar surface area (TPSA) is 15.3 Å². The molecular formula is C17H27ClN2. The first-order chi connectivity index (χ1) is 9.76. The van der Waals surface area contributed by atoms with E-state index in [1.54, 1.807) is 0 Å². The van der Waals surface area contributed by atoms with Crippen LogP contribution in [0.15, 0.2) is 18.2 Å². The molecule has 1 heterocycles. The third kappa shape index (κ3) is 3.89. The van der Waals surface area contributed by atoms with Crippen LogP contribution in [0.4, 0.5) is 5.69 Å². The van der Waals surface area contributed by atoms with Crippen molar-refractivity contribution in [1.82, 2.24) is 5.32 Å². The van der Waals surface area contributed by atoms with Gasteiger partial charge in [0.15, 0.2) is 0 Å². The number of nitrogens with one attached hydrogen (secondary N) is 1. The predicted octanol–water partition coefficient (Wildman–Crippen LogP) is 4.61. The van der Waals surface area contributed by atoms with Gasteiger partial charge in [-0.05, 0) is 56.0 Å². The number of hydrogen-bond donors (Lipinski definition) is 1. The van der Waals surface area contributed by atoms with Gasteiger partial charge in [-0.3, -0.25) is 0 Å². The van der Waals surface area contributed by atoms with Crippen LogP contribution in [0.5, 0.6) is 0 Å². The lowest BCUT2D eigenvalue weighted by molar-refractivity contribution is 0.433. The molecule has 1 saturated heterocycles. The molecule has 1 aromatic rings. The Hall–Kier alpha value is -0.730. The summed E-state index contributed by atoms with van der Waals surface area (Å²) in [7, 11) is 0. The minimum atomic E-state index is 0.704. The third-order valence-corrected chi connectivity index (χ3v) is 4.40. The Balaban J connectivity index is 2.24. The third-order valence-electron chi connectivity index (χ3n) is 4.17. The van der Waals surface area contributed by atoms with Crippen molar-refractivity contribution < 1.29 is 0 Å². The molecule has 1 aromatic carbocycles. The Kier molecular flexibility index (Phi) is 6.18. The smallest absolute Gasteiger partial charge is 0.0415 e. The zero-order valence-corrected chi connectivity index (χ0v) is 13.5. The van der Waals surface area contributed by atoms with Crippen molar-refractivity contribution in [2.45, 2.75) is 58.5 Å². The van der Waals surface area contributed by atoms with E-state index >= 15 is 0 Å². The van der Waals surface area contributed by atoms with Gasteiger partial charge in [0.2, 0.25) is 0 Å². The summed E-state index contributed by atoms with van der Waals surface area (Å²) >= 11 is 6.19. The monoisotopic (exact) mass is 294 g/mol. The lowest BCUT2D eigenvalue weighted by Gasteiger charge is -2.39. The van der Waals surface area contributed by atoms with Crippen molar-refractivity contribution >= 4 is 17.3 Å². The summed E-state index contributed by atoms with van der Waals surface area (Å²) in [6, 6.07) is 7.07. The second kappa shape index (κ2) is 7.90. The molecule has 1 aliphatic rings. The molecule has 1 atom stereocenters. The summed E-state index contributed by atoms with van der Waals surface area (Å²) in [6.45, 7) is 7.51. The van der Waals surface area contributed by atoms with E-state index in [9.17, 15) is 0 Å². The van der Waals surface area contributed by atoms with Crippen molar-refractivity contribution in [3.8, 4) is 0 Å². The van der Waals surface area contributed by atoms with Crippen molar-refractivity contribution in [2.24, 2.45) is 0 Å². The van der Waals surface area contributed by atoms with Gasteiger partial charge in [-0.25, -0.2) is 0 Å². The van der Waals surface area contributed by atoms with E-state index in [4.69, 9.17) is 11.6 Å². The van der Waals surface area contributed by atoms with Crippen LogP contribution in [0.2, 0.25) is 5.02 Å². The first kappa shape index (κ1) is 15.7. The first-order valence-electron chi connectivity index (χ1n) is 8.02. The minimum Gasteiger partial charge on any atom is -0.368 e.